The van der Waals surface area contributed by atoms with Crippen LogP contribution in [0.5, 0.6) is 0 Å². The van der Waals surface area contributed by atoms with Gasteiger partial charge in [-0.3, -0.25) is 4.79 Å². The Morgan fingerprint density at radius 2 is 2.00 bits per heavy atom. The fourth-order valence-electron chi connectivity index (χ4n) is 2.84. The first-order valence-corrected chi connectivity index (χ1v) is 8.06. The number of carbonyl (C=O) groups is 1. The Bertz CT molecular complexity index is 907. The predicted molar refractivity (Wildman–Crippen MR) is 95.8 cm³/mol. The first-order chi connectivity index (χ1) is 12.2. The van der Waals surface area contributed by atoms with Gasteiger partial charge in [0.15, 0.2) is 0 Å². The van der Waals surface area contributed by atoms with Gasteiger partial charge >= 0.3 is 5.97 Å². The number of esters is 1. The minimum atomic E-state index is -0.445. The number of carbonyl (C=O) groups excluding carboxylic acids is 1. The summed E-state index contributed by atoms with van der Waals surface area (Å²) in [6.45, 7) is 0.522. The third-order valence-corrected chi connectivity index (χ3v) is 4.22. The highest BCUT2D eigenvalue weighted by atomic mass is 16.5. The number of nitrogens with one attached hydrogen (secondary N) is 2. The number of fused-ring (bicyclic) bond motifs is 1. The first kappa shape index (κ1) is 16.7. The van der Waals surface area contributed by atoms with Crippen molar-refractivity contribution >= 4 is 16.9 Å². The summed E-state index contributed by atoms with van der Waals surface area (Å²) in [5.41, 5.74) is 3.74. The molecule has 0 bridgehead atoms. The zero-order valence-electron chi connectivity index (χ0n) is 14.0. The highest BCUT2D eigenvalue weighted by molar-refractivity contribution is 5.84. The number of aromatic nitrogens is 1. The quantitative estimate of drug-likeness (QED) is 0.680. The Kier molecular flexibility index (Phi) is 5.12. The molecule has 0 amide bonds. The molecular formula is C20H19N3O2. The minimum Gasteiger partial charge on any atom is -0.468 e. The van der Waals surface area contributed by atoms with Crippen LogP contribution >= 0.6 is 0 Å². The molecule has 1 aromatic heterocycles. The van der Waals surface area contributed by atoms with E-state index in [-0.39, 0.29) is 5.97 Å². The second kappa shape index (κ2) is 7.65. The molecule has 1 atom stereocenters. The number of hydrogen-bond acceptors (Lipinski definition) is 4. The van der Waals surface area contributed by atoms with Gasteiger partial charge in [-0.2, -0.15) is 5.26 Å². The van der Waals surface area contributed by atoms with E-state index in [1.54, 1.807) is 12.1 Å². The van der Waals surface area contributed by atoms with Crippen LogP contribution in [0.3, 0.4) is 0 Å². The van der Waals surface area contributed by atoms with Crippen molar-refractivity contribution in [2.24, 2.45) is 0 Å². The number of H-pyrrole nitrogens is 1. The molecule has 25 heavy (non-hydrogen) atoms. The number of rotatable bonds is 6. The molecule has 0 saturated carbocycles. The van der Waals surface area contributed by atoms with Crippen molar-refractivity contribution in [3.63, 3.8) is 0 Å². The van der Waals surface area contributed by atoms with Gasteiger partial charge in [-0.25, -0.2) is 0 Å². The van der Waals surface area contributed by atoms with E-state index in [4.69, 9.17) is 10.00 Å². The topological polar surface area (TPSA) is 77.9 Å². The lowest BCUT2D eigenvalue weighted by Crippen LogP contribution is -2.39. The van der Waals surface area contributed by atoms with Gasteiger partial charge in [-0.05, 0) is 29.3 Å². The summed E-state index contributed by atoms with van der Waals surface area (Å²) in [5.74, 6) is -0.293. The summed E-state index contributed by atoms with van der Waals surface area (Å²) in [5, 5.41) is 13.2. The SMILES string of the molecule is COC(=O)[C@H](Cc1c[nH]c2ccccc12)NCc1ccc(C#N)cc1. The molecule has 0 unspecified atom stereocenters. The lowest BCUT2D eigenvalue weighted by atomic mass is 10.0. The molecule has 0 aliphatic carbocycles. The van der Waals surface area contributed by atoms with Crippen LogP contribution in [0.15, 0.2) is 54.7 Å². The molecular weight excluding hydrogens is 314 g/mol. The van der Waals surface area contributed by atoms with Crippen LogP contribution in [0.1, 0.15) is 16.7 Å². The van der Waals surface area contributed by atoms with Crippen molar-refractivity contribution in [3.8, 4) is 6.07 Å². The zero-order valence-corrected chi connectivity index (χ0v) is 14.0. The maximum absolute atomic E-state index is 12.2. The Labute approximate surface area is 146 Å². The Morgan fingerprint density at radius 3 is 2.72 bits per heavy atom. The number of methoxy groups -OCH3 is 1. The summed E-state index contributed by atoms with van der Waals surface area (Å²) in [6, 6.07) is 17.0. The second-order valence-electron chi connectivity index (χ2n) is 5.83. The van der Waals surface area contributed by atoms with Crippen molar-refractivity contribution in [1.82, 2.24) is 10.3 Å². The van der Waals surface area contributed by atoms with E-state index in [2.05, 4.69) is 16.4 Å². The van der Waals surface area contributed by atoms with E-state index in [0.717, 1.165) is 22.0 Å². The van der Waals surface area contributed by atoms with Crippen molar-refractivity contribution in [1.29, 1.82) is 5.26 Å². The van der Waals surface area contributed by atoms with Crippen molar-refractivity contribution in [3.05, 3.63) is 71.4 Å². The number of benzene rings is 2. The molecule has 2 aromatic carbocycles. The normalized spacial score (nSPS) is 11.8. The summed E-state index contributed by atoms with van der Waals surface area (Å²) in [4.78, 5) is 15.4. The smallest absolute Gasteiger partial charge is 0.323 e. The average molecular weight is 333 g/mol. The molecule has 0 spiro atoms. The van der Waals surface area contributed by atoms with Gasteiger partial charge in [0.05, 0.1) is 18.7 Å². The van der Waals surface area contributed by atoms with Crippen molar-refractivity contribution in [2.45, 2.75) is 19.0 Å². The van der Waals surface area contributed by atoms with Crippen LogP contribution in [-0.4, -0.2) is 24.1 Å². The average Bonchev–Trinajstić information content (AvgIpc) is 3.08. The molecule has 0 saturated heterocycles. The third-order valence-electron chi connectivity index (χ3n) is 4.22. The molecule has 0 radical (unpaired) electrons. The lowest BCUT2D eigenvalue weighted by Gasteiger charge is -2.16. The second-order valence-corrected chi connectivity index (χ2v) is 5.83. The van der Waals surface area contributed by atoms with Gasteiger partial charge in [0, 0.05) is 30.1 Å². The number of ether oxygens (including phenoxy) is 1. The summed E-state index contributed by atoms with van der Waals surface area (Å²) < 4.78 is 4.94. The van der Waals surface area contributed by atoms with Crippen LogP contribution in [0, 0.1) is 11.3 Å². The molecule has 5 nitrogen and oxygen atoms in total. The summed E-state index contributed by atoms with van der Waals surface area (Å²) >= 11 is 0. The maximum Gasteiger partial charge on any atom is 0.323 e. The highest BCUT2D eigenvalue weighted by Gasteiger charge is 2.20. The molecule has 2 N–H and O–H groups in total. The molecule has 126 valence electrons. The first-order valence-electron chi connectivity index (χ1n) is 8.06. The molecule has 3 aromatic rings. The molecule has 0 aliphatic rings. The monoisotopic (exact) mass is 333 g/mol. The molecule has 3 rings (SSSR count). The number of para-hydroxylation sites is 1. The third kappa shape index (κ3) is 3.87. The van der Waals surface area contributed by atoms with Crippen molar-refractivity contribution in [2.75, 3.05) is 7.11 Å². The predicted octanol–water partition coefficient (Wildman–Crippen LogP) is 2.91. The number of nitrogens with zero attached hydrogens (tertiary/aromatic N) is 1. The molecule has 1 heterocycles. The largest absolute Gasteiger partial charge is 0.468 e. The zero-order chi connectivity index (χ0) is 17.6. The standard InChI is InChI=1S/C20H19N3O2/c1-25-20(24)19(22-12-15-8-6-14(11-21)7-9-15)10-16-13-23-18-5-3-2-4-17(16)18/h2-9,13,19,22-23H,10,12H2,1H3/t19-/m0/s1. The fourth-order valence-corrected chi connectivity index (χ4v) is 2.84. The Morgan fingerprint density at radius 1 is 1.24 bits per heavy atom. The Balaban J connectivity index is 1.73. The number of hydrogen-bond donors (Lipinski definition) is 2. The van der Waals surface area contributed by atoms with E-state index in [9.17, 15) is 4.79 Å². The van der Waals surface area contributed by atoms with Crippen LogP contribution in [-0.2, 0) is 22.5 Å². The van der Waals surface area contributed by atoms with E-state index >= 15 is 0 Å². The molecule has 0 aliphatic heterocycles. The fraction of sp³-hybridized carbons (Fsp3) is 0.200. The van der Waals surface area contributed by atoms with Gasteiger partial charge < -0.3 is 15.0 Å². The number of aromatic amines is 1. The van der Waals surface area contributed by atoms with E-state index in [1.807, 2.05) is 42.6 Å². The van der Waals surface area contributed by atoms with Crippen LogP contribution in [0.25, 0.3) is 10.9 Å². The van der Waals surface area contributed by atoms with Crippen molar-refractivity contribution < 1.29 is 9.53 Å². The van der Waals surface area contributed by atoms with Gasteiger partial charge in [0.25, 0.3) is 0 Å². The lowest BCUT2D eigenvalue weighted by molar-refractivity contribution is -0.143. The van der Waals surface area contributed by atoms with Gasteiger partial charge in [-0.15, -0.1) is 0 Å². The van der Waals surface area contributed by atoms with Crippen LogP contribution in [0.4, 0.5) is 0 Å². The summed E-state index contributed by atoms with van der Waals surface area (Å²) in [7, 11) is 1.40. The van der Waals surface area contributed by atoms with E-state index < -0.39 is 6.04 Å². The molecule has 5 heteroatoms. The van der Waals surface area contributed by atoms with Gasteiger partial charge in [0.1, 0.15) is 6.04 Å². The van der Waals surface area contributed by atoms with E-state index in [0.29, 0.717) is 18.5 Å². The maximum atomic E-state index is 12.2. The van der Waals surface area contributed by atoms with Gasteiger partial charge in [-0.1, -0.05) is 30.3 Å². The van der Waals surface area contributed by atoms with Crippen LogP contribution in [0.2, 0.25) is 0 Å². The summed E-state index contributed by atoms with van der Waals surface area (Å²) in [6.07, 6.45) is 2.47. The van der Waals surface area contributed by atoms with Crippen LogP contribution < -0.4 is 5.32 Å². The van der Waals surface area contributed by atoms with Gasteiger partial charge in [0.2, 0.25) is 0 Å². The van der Waals surface area contributed by atoms with E-state index in [1.165, 1.54) is 7.11 Å². The highest BCUT2D eigenvalue weighted by Crippen LogP contribution is 2.19. The molecule has 0 fully saturated rings. The number of nitriles is 1. The Hall–Kier alpha value is -3.10. The minimum absolute atomic E-state index is 0.293.